The fourth-order valence-corrected chi connectivity index (χ4v) is 1.65. The molecule has 1 rings (SSSR count). The topological polar surface area (TPSA) is 0 Å². The lowest BCUT2D eigenvalue weighted by Gasteiger charge is -2.06. The molecular formula is C10H8F4S. The van der Waals surface area contributed by atoms with E-state index in [2.05, 4.69) is 6.58 Å². The van der Waals surface area contributed by atoms with E-state index in [1.54, 1.807) is 0 Å². The summed E-state index contributed by atoms with van der Waals surface area (Å²) in [6.45, 7) is 3.42. The van der Waals surface area contributed by atoms with Crippen molar-refractivity contribution in [2.75, 3.05) is 5.75 Å². The zero-order valence-electron chi connectivity index (χ0n) is 7.64. The molecule has 0 aromatic heterocycles. The molecule has 0 saturated heterocycles. The van der Waals surface area contributed by atoms with Gasteiger partial charge in [-0.25, -0.2) is 17.6 Å². The van der Waals surface area contributed by atoms with Crippen molar-refractivity contribution in [3.05, 3.63) is 42.0 Å². The maximum absolute atomic E-state index is 13.2. The van der Waals surface area contributed by atoms with E-state index in [-0.39, 0.29) is 4.90 Å². The molecule has 0 fully saturated rings. The minimum atomic E-state index is -3.00. The van der Waals surface area contributed by atoms with Crippen molar-refractivity contribution in [2.45, 2.75) is 11.3 Å². The van der Waals surface area contributed by atoms with E-state index in [4.69, 9.17) is 0 Å². The van der Waals surface area contributed by atoms with Gasteiger partial charge in [0.25, 0.3) is 6.43 Å². The van der Waals surface area contributed by atoms with Crippen molar-refractivity contribution in [3.8, 4) is 0 Å². The zero-order chi connectivity index (χ0) is 11.4. The number of hydrogen-bond acceptors (Lipinski definition) is 1. The number of halogens is 4. The van der Waals surface area contributed by atoms with Crippen LogP contribution in [0.15, 0.2) is 29.7 Å². The third-order valence-electron chi connectivity index (χ3n) is 1.67. The van der Waals surface area contributed by atoms with Crippen molar-refractivity contribution in [2.24, 2.45) is 0 Å². The average Bonchev–Trinajstić information content (AvgIpc) is 2.20. The molecule has 0 N–H and O–H groups in total. The Morgan fingerprint density at radius 3 is 2.47 bits per heavy atom. The Bertz CT molecular complexity index is 363. The monoisotopic (exact) mass is 236 g/mol. The summed E-state index contributed by atoms with van der Waals surface area (Å²) < 4.78 is 50.6. The van der Waals surface area contributed by atoms with Crippen LogP contribution >= 0.6 is 11.8 Å². The molecule has 0 aliphatic carbocycles. The Hall–Kier alpha value is -0.970. The van der Waals surface area contributed by atoms with E-state index < -0.39 is 23.6 Å². The number of hydrogen-bond donors (Lipinski definition) is 0. The number of benzene rings is 1. The average molecular weight is 236 g/mol. The predicted molar refractivity (Wildman–Crippen MR) is 52.2 cm³/mol. The van der Waals surface area contributed by atoms with Gasteiger partial charge in [0.05, 0.1) is 5.56 Å². The molecule has 82 valence electrons. The minimum absolute atomic E-state index is 0.0109. The van der Waals surface area contributed by atoms with Crippen LogP contribution in [0.1, 0.15) is 12.0 Å². The summed E-state index contributed by atoms with van der Waals surface area (Å²) in [6.07, 6.45) is -1.48. The normalized spacial score (nSPS) is 10.7. The first kappa shape index (κ1) is 12.1. The molecule has 0 radical (unpaired) electrons. The van der Waals surface area contributed by atoms with Crippen LogP contribution in [0.5, 0.6) is 0 Å². The summed E-state index contributed by atoms with van der Waals surface area (Å²) >= 11 is 1.00. The fraction of sp³-hybridized carbons (Fsp3) is 0.200. The van der Waals surface area contributed by atoms with Crippen LogP contribution in [-0.2, 0) is 0 Å². The van der Waals surface area contributed by atoms with Crippen molar-refractivity contribution in [1.82, 2.24) is 0 Å². The number of rotatable bonds is 4. The molecular weight excluding hydrogens is 228 g/mol. The van der Waals surface area contributed by atoms with Crippen LogP contribution in [0.4, 0.5) is 17.6 Å². The molecule has 0 heterocycles. The van der Waals surface area contributed by atoms with E-state index >= 15 is 0 Å². The van der Waals surface area contributed by atoms with E-state index in [1.165, 1.54) is 6.08 Å². The van der Waals surface area contributed by atoms with Crippen molar-refractivity contribution < 1.29 is 17.6 Å². The third kappa shape index (κ3) is 2.75. The van der Waals surface area contributed by atoms with E-state index in [9.17, 15) is 17.6 Å². The molecule has 0 aliphatic heterocycles. The summed E-state index contributed by atoms with van der Waals surface area (Å²) in [5.41, 5.74) is -0.907. The molecule has 1 aromatic rings. The standard InChI is InChI=1S/C10H8F4S/c1-2-5-15-7-4-3-6(10(13)14)8(11)9(7)12/h2-4,10H,1,5H2. The first-order valence-electron chi connectivity index (χ1n) is 4.07. The summed E-state index contributed by atoms with van der Waals surface area (Å²) in [6, 6.07) is 2.04. The van der Waals surface area contributed by atoms with Crippen molar-refractivity contribution in [3.63, 3.8) is 0 Å². The quantitative estimate of drug-likeness (QED) is 0.429. The van der Waals surface area contributed by atoms with Gasteiger partial charge >= 0.3 is 0 Å². The molecule has 0 atom stereocenters. The molecule has 0 amide bonds. The highest BCUT2D eigenvalue weighted by Gasteiger charge is 2.19. The molecule has 5 heteroatoms. The Morgan fingerprint density at radius 1 is 1.27 bits per heavy atom. The highest BCUT2D eigenvalue weighted by molar-refractivity contribution is 7.99. The van der Waals surface area contributed by atoms with Crippen LogP contribution in [0.25, 0.3) is 0 Å². The fourth-order valence-electron chi connectivity index (χ4n) is 0.975. The Balaban J connectivity index is 3.04. The van der Waals surface area contributed by atoms with Crippen molar-refractivity contribution in [1.29, 1.82) is 0 Å². The molecule has 0 nitrogen and oxygen atoms in total. The van der Waals surface area contributed by atoms with Crippen LogP contribution < -0.4 is 0 Å². The van der Waals surface area contributed by atoms with Gasteiger partial charge in [0.15, 0.2) is 11.6 Å². The molecule has 0 unspecified atom stereocenters. The van der Waals surface area contributed by atoms with Crippen LogP contribution in [-0.4, -0.2) is 5.75 Å². The van der Waals surface area contributed by atoms with Crippen LogP contribution in [0.3, 0.4) is 0 Å². The van der Waals surface area contributed by atoms with Crippen LogP contribution in [0, 0.1) is 11.6 Å². The summed E-state index contributed by atoms with van der Waals surface area (Å²) in [5.74, 6) is -2.30. The summed E-state index contributed by atoms with van der Waals surface area (Å²) in [5, 5.41) is 0. The smallest absolute Gasteiger partial charge is 0.205 e. The lowest BCUT2D eigenvalue weighted by molar-refractivity contribution is 0.145. The molecule has 0 aliphatic rings. The molecule has 0 spiro atoms. The first-order chi connectivity index (χ1) is 7.07. The largest absolute Gasteiger partial charge is 0.266 e. The predicted octanol–water partition coefficient (Wildman–Crippen LogP) is 4.18. The van der Waals surface area contributed by atoms with E-state index in [0.29, 0.717) is 5.75 Å². The Morgan fingerprint density at radius 2 is 1.93 bits per heavy atom. The molecule has 15 heavy (non-hydrogen) atoms. The Kier molecular flexibility index (Phi) is 4.20. The SMILES string of the molecule is C=CCSc1ccc(C(F)F)c(F)c1F. The van der Waals surface area contributed by atoms with Gasteiger partial charge in [-0.2, -0.15) is 0 Å². The maximum atomic E-state index is 13.2. The number of thioether (sulfide) groups is 1. The van der Waals surface area contributed by atoms with Crippen molar-refractivity contribution >= 4 is 11.8 Å². The lowest BCUT2D eigenvalue weighted by Crippen LogP contribution is -1.96. The summed E-state index contributed by atoms with van der Waals surface area (Å²) in [7, 11) is 0. The second-order valence-electron chi connectivity index (χ2n) is 2.68. The maximum Gasteiger partial charge on any atom is 0.266 e. The van der Waals surface area contributed by atoms with Gasteiger partial charge in [-0.05, 0) is 12.1 Å². The highest BCUT2D eigenvalue weighted by atomic mass is 32.2. The van der Waals surface area contributed by atoms with Gasteiger partial charge in [-0.3, -0.25) is 0 Å². The van der Waals surface area contributed by atoms with Gasteiger partial charge in [-0.15, -0.1) is 18.3 Å². The first-order valence-corrected chi connectivity index (χ1v) is 5.06. The molecule has 0 saturated carbocycles. The number of alkyl halides is 2. The Labute approximate surface area is 89.0 Å². The molecule has 1 aromatic carbocycles. The molecule has 0 bridgehead atoms. The minimum Gasteiger partial charge on any atom is -0.205 e. The summed E-state index contributed by atoms with van der Waals surface area (Å²) in [4.78, 5) is 0.0109. The van der Waals surface area contributed by atoms with Gasteiger partial charge in [0, 0.05) is 10.6 Å². The van der Waals surface area contributed by atoms with E-state index in [1.807, 2.05) is 0 Å². The van der Waals surface area contributed by atoms with Gasteiger partial charge in [0.1, 0.15) is 0 Å². The van der Waals surface area contributed by atoms with E-state index in [0.717, 1.165) is 23.9 Å². The second-order valence-corrected chi connectivity index (χ2v) is 3.74. The van der Waals surface area contributed by atoms with Gasteiger partial charge in [-0.1, -0.05) is 6.08 Å². The van der Waals surface area contributed by atoms with Crippen LogP contribution in [0.2, 0.25) is 0 Å². The second kappa shape index (κ2) is 5.21. The van der Waals surface area contributed by atoms with Gasteiger partial charge < -0.3 is 0 Å². The lowest BCUT2D eigenvalue weighted by atomic mass is 10.2. The zero-order valence-corrected chi connectivity index (χ0v) is 8.46. The third-order valence-corrected chi connectivity index (χ3v) is 2.70. The highest BCUT2D eigenvalue weighted by Crippen LogP contribution is 2.30. The van der Waals surface area contributed by atoms with Gasteiger partial charge in [0.2, 0.25) is 0 Å².